The number of carbonyl (C=O) groups excluding carboxylic acids is 1. The van der Waals surface area contributed by atoms with Crippen LogP contribution in [0.4, 0.5) is 11.4 Å². The van der Waals surface area contributed by atoms with Gasteiger partial charge in [0.25, 0.3) is 0 Å². The monoisotopic (exact) mass is 445 g/mol. The fourth-order valence-corrected chi connectivity index (χ4v) is 4.42. The summed E-state index contributed by atoms with van der Waals surface area (Å²) in [6, 6.07) is 10.1. The zero-order chi connectivity index (χ0) is 20.3. The normalized spacial score (nSPS) is 18.9. The number of hydrogen-bond acceptors (Lipinski definition) is 4. The Morgan fingerprint density at radius 2 is 2.00 bits per heavy atom. The third-order valence-electron chi connectivity index (χ3n) is 5.52. The molecule has 1 aliphatic carbocycles. The first kappa shape index (κ1) is 20.7. The van der Waals surface area contributed by atoms with Crippen molar-refractivity contribution in [1.29, 1.82) is 0 Å². The lowest BCUT2D eigenvalue weighted by Crippen LogP contribution is -2.28. The molecular weight excluding hydrogens is 418 g/mol. The maximum absolute atomic E-state index is 12.7. The van der Waals surface area contributed by atoms with Gasteiger partial charge in [-0.1, -0.05) is 22.0 Å². The highest BCUT2D eigenvalue weighted by atomic mass is 79.9. The second-order valence-corrected chi connectivity index (χ2v) is 8.47. The van der Waals surface area contributed by atoms with Crippen molar-refractivity contribution in [2.75, 3.05) is 18.2 Å². The van der Waals surface area contributed by atoms with E-state index in [0.717, 1.165) is 58.5 Å². The molecule has 0 bridgehead atoms. The van der Waals surface area contributed by atoms with E-state index in [0.29, 0.717) is 6.04 Å². The third kappa shape index (κ3) is 4.86. The SMILES string of the molecule is COc1cc(NC(=O)[C@@H]2CC[C@@H](NCc3c(C)cc(Br)cc3N)C2)ccc1C. The first-order chi connectivity index (χ1) is 13.4. The summed E-state index contributed by atoms with van der Waals surface area (Å²) in [6.45, 7) is 4.77. The van der Waals surface area contributed by atoms with Crippen LogP contribution in [0.2, 0.25) is 0 Å². The molecule has 1 aliphatic rings. The van der Waals surface area contributed by atoms with Crippen LogP contribution >= 0.6 is 15.9 Å². The van der Waals surface area contributed by atoms with Gasteiger partial charge in [-0.25, -0.2) is 0 Å². The predicted molar refractivity (Wildman–Crippen MR) is 118 cm³/mol. The molecule has 1 saturated carbocycles. The van der Waals surface area contributed by atoms with E-state index in [4.69, 9.17) is 10.5 Å². The van der Waals surface area contributed by atoms with Crippen LogP contribution in [0.3, 0.4) is 0 Å². The number of anilines is 2. The van der Waals surface area contributed by atoms with Crippen molar-refractivity contribution in [3.05, 3.63) is 51.5 Å². The highest BCUT2D eigenvalue weighted by molar-refractivity contribution is 9.10. The average Bonchev–Trinajstić information content (AvgIpc) is 3.11. The van der Waals surface area contributed by atoms with Crippen LogP contribution in [0.25, 0.3) is 0 Å². The summed E-state index contributed by atoms with van der Waals surface area (Å²) in [5, 5.41) is 6.61. The number of benzene rings is 2. The van der Waals surface area contributed by atoms with Crippen molar-refractivity contribution < 1.29 is 9.53 Å². The van der Waals surface area contributed by atoms with Gasteiger partial charge < -0.3 is 21.1 Å². The van der Waals surface area contributed by atoms with E-state index in [1.165, 1.54) is 5.56 Å². The standard InChI is InChI=1S/C22H28BrN3O2/c1-13-4-6-18(11-21(13)28-3)26-22(27)15-5-7-17(9-15)25-12-19-14(2)8-16(23)10-20(19)24/h4,6,8,10-11,15,17,25H,5,7,9,12,24H2,1-3H3,(H,26,27)/t15-,17-/m1/s1. The second kappa shape index (κ2) is 8.97. The van der Waals surface area contributed by atoms with E-state index < -0.39 is 0 Å². The minimum atomic E-state index is 0.0214. The van der Waals surface area contributed by atoms with Crippen LogP contribution in [-0.4, -0.2) is 19.1 Å². The Morgan fingerprint density at radius 3 is 2.71 bits per heavy atom. The quantitative estimate of drug-likeness (QED) is 0.569. The summed E-state index contributed by atoms with van der Waals surface area (Å²) < 4.78 is 6.33. The Balaban J connectivity index is 1.54. The van der Waals surface area contributed by atoms with E-state index in [-0.39, 0.29) is 11.8 Å². The Labute approximate surface area is 175 Å². The van der Waals surface area contributed by atoms with Crippen LogP contribution in [0, 0.1) is 19.8 Å². The third-order valence-corrected chi connectivity index (χ3v) is 5.98. The summed E-state index contributed by atoms with van der Waals surface area (Å²) in [5.74, 6) is 0.883. The Hall–Kier alpha value is -2.05. The number of carbonyl (C=O) groups is 1. The topological polar surface area (TPSA) is 76.4 Å². The molecule has 0 aliphatic heterocycles. The number of hydrogen-bond donors (Lipinski definition) is 3. The zero-order valence-electron chi connectivity index (χ0n) is 16.6. The van der Waals surface area contributed by atoms with Gasteiger partial charge in [0, 0.05) is 40.4 Å². The number of methoxy groups -OCH3 is 1. The second-order valence-electron chi connectivity index (χ2n) is 7.55. The molecule has 2 atom stereocenters. The predicted octanol–water partition coefficient (Wildman–Crippen LogP) is 4.55. The van der Waals surface area contributed by atoms with Gasteiger partial charge in [-0.05, 0) is 68.0 Å². The Kier molecular flexibility index (Phi) is 6.62. The molecule has 0 unspecified atom stereocenters. The number of rotatable bonds is 6. The lowest BCUT2D eigenvalue weighted by molar-refractivity contribution is -0.119. The molecule has 1 fully saturated rings. The molecule has 0 heterocycles. The van der Waals surface area contributed by atoms with Gasteiger partial charge in [0.15, 0.2) is 0 Å². The first-order valence-electron chi connectivity index (χ1n) is 9.60. The lowest BCUT2D eigenvalue weighted by atomic mass is 10.1. The molecule has 2 aromatic carbocycles. The van der Waals surface area contributed by atoms with Crippen LogP contribution < -0.4 is 21.1 Å². The van der Waals surface area contributed by atoms with E-state index in [1.54, 1.807) is 7.11 Å². The summed E-state index contributed by atoms with van der Waals surface area (Å²) in [7, 11) is 1.64. The van der Waals surface area contributed by atoms with Crippen LogP contribution in [0.15, 0.2) is 34.8 Å². The maximum Gasteiger partial charge on any atom is 0.227 e. The summed E-state index contributed by atoms with van der Waals surface area (Å²) in [6.07, 6.45) is 2.72. The smallest absolute Gasteiger partial charge is 0.227 e. The Morgan fingerprint density at radius 1 is 1.21 bits per heavy atom. The van der Waals surface area contributed by atoms with Gasteiger partial charge in [0.2, 0.25) is 5.91 Å². The van der Waals surface area contributed by atoms with Crippen molar-refractivity contribution in [3.8, 4) is 5.75 Å². The number of halogens is 1. The highest BCUT2D eigenvalue weighted by Crippen LogP contribution is 2.29. The fraction of sp³-hybridized carbons (Fsp3) is 0.409. The first-order valence-corrected chi connectivity index (χ1v) is 10.4. The van der Waals surface area contributed by atoms with Crippen LogP contribution in [0.1, 0.15) is 36.0 Å². The maximum atomic E-state index is 12.7. The molecule has 150 valence electrons. The van der Waals surface area contributed by atoms with Gasteiger partial charge in [-0.2, -0.15) is 0 Å². The van der Waals surface area contributed by atoms with E-state index >= 15 is 0 Å². The van der Waals surface area contributed by atoms with Crippen molar-refractivity contribution in [1.82, 2.24) is 5.32 Å². The van der Waals surface area contributed by atoms with Gasteiger partial charge in [0.05, 0.1) is 7.11 Å². The van der Waals surface area contributed by atoms with Crippen LogP contribution in [-0.2, 0) is 11.3 Å². The summed E-state index contributed by atoms with van der Waals surface area (Å²) in [4.78, 5) is 12.7. The van der Waals surface area contributed by atoms with E-state index in [2.05, 4.69) is 39.6 Å². The molecule has 0 aromatic heterocycles. The molecule has 5 nitrogen and oxygen atoms in total. The van der Waals surface area contributed by atoms with Gasteiger partial charge >= 0.3 is 0 Å². The van der Waals surface area contributed by atoms with Crippen molar-refractivity contribution >= 4 is 33.2 Å². The van der Waals surface area contributed by atoms with Crippen molar-refractivity contribution in [2.45, 2.75) is 45.7 Å². The molecule has 4 N–H and O–H groups in total. The van der Waals surface area contributed by atoms with Gasteiger partial charge in [-0.3, -0.25) is 4.79 Å². The number of nitrogens with one attached hydrogen (secondary N) is 2. The molecule has 3 rings (SSSR count). The fourth-order valence-electron chi connectivity index (χ4n) is 3.83. The lowest BCUT2D eigenvalue weighted by Gasteiger charge is -2.16. The van der Waals surface area contributed by atoms with Crippen LogP contribution in [0.5, 0.6) is 5.75 Å². The molecule has 0 radical (unpaired) electrons. The van der Waals surface area contributed by atoms with Crippen molar-refractivity contribution in [3.63, 3.8) is 0 Å². The van der Waals surface area contributed by atoms with Gasteiger partial charge in [-0.15, -0.1) is 0 Å². The number of nitrogen functional groups attached to an aromatic ring is 1. The molecule has 2 aromatic rings. The minimum absolute atomic E-state index is 0.0214. The molecular formula is C22H28BrN3O2. The summed E-state index contributed by atoms with van der Waals surface area (Å²) >= 11 is 3.48. The van der Waals surface area contributed by atoms with E-state index in [9.17, 15) is 4.79 Å². The number of ether oxygens (including phenoxy) is 1. The summed E-state index contributed by atoms with van der Waals surface area (Å²) in [5.41, 5.74) is 11.1. The largest absolute Gasteiger partial charge is 0.496 e. The van der Waals surface area contributed by atoms with Crippen molar-refractivity contribution in [2.24, 2.45) is 5.92 Å². The molecule has 0 saturated heterocycles. The minimum Gasteiger partial charge on any atom is -0.496 e. The molecule has 0 spiro atoms. The number of nitrogens with two attached hydrogens (primary N) is 1. The molecule has 1 amide bonds. The molecule has 28 heavy (non-hydrogen) atoms. The molecule has 6 heteroatoms. The number of aryl methyl sites for hydroxylation is 2. The van der Waals surface area contributed by atoms with E-state index in [1.807, 2.05) is 31.2 Å². The highest BCUT2D eigenvalue weighted by Gasteiger charge is 2.30. The number of amides is 1. The zero-order valence-corrected chi connectivity index (χ0v) is 18.2. The average molecular weight is 446 g/mol. The Bertz CT molecular complexity index is 846. The van der Waals surface area contributed by atoms with Gasteiger partial charge in [0.1, 0.15) is 5.75 Å².